The topological polar surface area (TPSA) is 55.6 Å². The number of nitrogens with two attached hydrogens (primary N) is 1. The van der Waals surface area contributed by atoms with E-state index in [2.05, 4.69) is 0 Å². The molecule has 1 heterocycles. The molecular formula is C14H18Cl2N2O2. The third-order valence-corrected chi connectivity index (χ3v) is 4.09. The molecule has 6 heteroatoms. The molecular weight excluding hydrogens is 299 g/mol. The number of halogens is 2. The van der Waals surface area contributed by atoms with Crippen LogP contribution in [0.5, 0.6) is 5.75 Å². The van der Waals surface area contributed by atoms with Gasteiger partial charge in [-0.15, -0.1) is 0 Å². The predicted octanol–water partition coefficient (Wildman–Crippen LogP) is 2.71. The zero-order valence-electron chi connectivity index (χ0n) is 11.1. The van der Waals surface area contributed by atoms with Crippen LogP contribution in [0.4, 0.5) is 0 Å². The van der Waals surface area contributed by atoms with Crippen molar-refractivity contribution in [3.05, 3.63) is 28.2 Å². The number of likely N-dealkylation sites (tertiary alicyclic amines) is 1. The average molecular weight is 317 g/mol. The summed E-state index contributed by atoms with van der Waals surface area (Å²) in [5, 5.41) is 0.873. The van der Waals surface area contributed by atoms with Crippen molar-refractivity contribution in [3.63, 3.8) is 0 Å². The Morgan fingerprint density at radius 2 is 2.25 bits per heavy atom. The number of hydrogen-bond donors (Lipinski definition) is 1. The van der Waals surface area contributed by atoms with Gasteiger partial charge in [-0.05, 0) is 25.0 Å². The van der Waals surface area contributed by atoms with Gasteiger partial charge in [0, 0.05) is 25.6 Å². The van der Waals surface area contributed by atoms with E-state index in [0.29, 0.717) is 41.8 Å². The van der Waals surface area contributed by atoms with E-state index in [-0.39, 0.29) is 11.9 Å². The third kappa shape index (κ3) is 4.01. The van der Waals surface area contributed by atoms with Crippen LogP contribution >= 0.6 is 23.2 Å². The van der Waals surface area contributed by atoms with Gasteiger partial charge in [0.25, 0.3) is 0 Å². The summed E-state index contributed by atoms with van der Waals surface area (Å²) < 4.78 is 5.54. The van der Waals surface area contributed by atoms with Gasteiger partial charge in [0.15, 0.2) is 0 Å². The second-order valence-corrected chi connectivity index (χ2v) is 5.68. The number of nitrogens with zero attached hydrogens (tertiary/aromatic N) is 1. The number of carbonyl (C=O) groups is 1. The number of amides is 1. The number of ether oxygens (including phenoxy) is 1. The Morgan fingerprint density at radius 3 is 2.95 bits per heavy atom. The van der Waals surface area contributed by atoms with Crippen molar-refractivity contribution < 1.29 is 9.53 Å². The molecule has 2 rings (SSSR count). The Morgan fingerprint density at radius 1 is 1.45 bits per heavy atom. The van der Waals surface area contributed by atoms with Crippen LogP contribution in [0.15, 0.2) is 18.2 Å². The van der Waals surface area contributed by atoms with Crippen LogP contribution in [0.3, 0.4) is 0 Å². The number of carbonyl (C=O) groups excluding carboxylic acids is 1. The van der Waals surface area contributed by atoms with Crippen LogP contribution in [0.25, 0.3) is 0 Å². The first-order valence-corrected chi connectivity index (χ1v) is 7.43. The van der Waals surface area contributed by atoms with Crippen LogP contribution in [-0.2, 0) is 4.79 Å². The van der Waals surface area contributed by atoms with Gasteiger partial charge in [0.1, 0.15) is 10.8 Å². The van der Waals surface area contributed by atoms with Gasteiger partial charge in [-0.2, -0.15) is 0 Å². The number of rotatable bonds is 5. The summed E-state index contributed by atoms with van der Waals surface area (Å²) in [6.45, 7) is 1.87. The standard InChI is InChI=1S/C14H18Cl2N2O2/c15-11-3-1-4-12(14(11)16)20-8-2-5-13(19)18-7-6-10(17)9-18/h1,3-4,10H,2,5-9,17H2/t10-/m1/s1. The van der Waals surface area contributed by atoms with E-state index in [0.717, 1.165) is 13.0 Å². The predicted molar refractivity (Wildman–Crippen MR) is 80.4 cm³/mol. The summed E-state index contributed by atoms with van der Waals surface area (Å²) in [7, 11) is 0. The quantitative estimate of drug-likeness (QED) is 0.850. The maximum atomic E-state index is 11.9. The normalized spacial score (nSPS) is 18.4. The van der Waals surface area contributed by atoms with Gasteiger partial charge in [-0.1, -0.05) is 29.3 Å². The minimum atomic E-state index is 0.125. The fourth-order valence-corrected chi connectivity index (χ4v) is 2.52. The SMILES string of the molecule is N[C@@H]1CCN(C(=O)CCCOc2cccc(Cl)c2Cl)C1. The molecule has 0 aromatic heterocycles. The molecule has 4 nitrogen and oxygen atoms in total. The Balaban J connectivity index is 1.71. The van der Waals surface area contributed by atoms with Crippen molar-refractivity contribution in [3.8, 4) is 5.75 Å². The van der Waals surface area contributed by atoms with Crippen molar-refractivity contribution in [1.29, 1.82) is 0 Å². The maximum absolute atomic E-state index is 11.9. The molecule has 1 aromatic carbocycles. The molecule has 0 bridgehead atoms. The van der Waals surface area contributed by atoms with Crippen molar-refractivity contribution >= 4 is 29.1 Å². The molecule has 1 aliphatic heterocycles. The Hall–Kier alpha value is -0.970. The smallest absolute Gasteiger partial charge is 0.222 e. The Labute approximate surface area is 128 Å². The van der Waals surface area contributed by atoms with E-state index < -0.39 is 0 Å². The first kappa shape index (κ1) is 15.4. The molecule has 20 heavy (non-hydrogen) atoms. The first-order valence-electron chi connectivity index (χ1n) is 6.68. The average Bonchev–Trinajstić information content (AvgIpc) is 2.86. The second kappa shape index (κ2) is 7.16. The summed E-state index contributed by atoms with van der Waals surface area (Å²) in [6, 6.07) is 5.37. The van der Waals surface area contributed by atoms with Crippen LogP contribution in [0.1, 0.15) is 19.3 Å². The van der Waals surface area contributed by atoms with E-state index in [4.69, 9.17) is 33.7 Å². The molecule has 0 radical (unpaired) electrons. The number of hydrogen-bond acceptors (Lipinski definition) is 3. The first-order chi connectivity index (χ1) is 9.58. The summed E-state index contributed by atoms with van der Waals surface area (Å²) in [4.78, 5) is 13.7. The monoisotopic (exact) mass is 316 g/mol. The number of benzene rings is 1. The highest BCUT2D eigenvalue weighted by Gasteiger charge is 2.22. The Bertz CT molecular complexity index is 482. The molecule has 1 amide bonds. The van der Waals surface area contributed by atoms with Gasteiger partial charge in [-0.25, -0.2) is 0 Å². The molecule has 1 saturated heterocycles. The zero-order chi connectivity index (χ0) is 14.5. The van der Waals surface area contributed by atoms with E-state index in [9.17, 15) is 4.79 Å². The van der Waals surface area contributed by atoms with E-state index >= 15 is 0 Å². The van der Waals surface area contributed by atoms with Crippen molar-refractivity contribution in [2.45, 2.75) is 25.3 Å². The maximum Gasteiger partial charge on any atom is 0.222 e. The highest BCUT2D eigenvalue weighted by molar-refractivity contribution is 6.42. The Kier molecular flexibility index (Phi) is 5.52. The molecule has 0 spiro atoms. The summed E-state index contributed by atoms with van der Waals surface area (Å²) in [5.74, 6) is 0.688. The summed E-state index contributed by atoms with van der Waals surface area (Å²) >= 11 is 11.9. The molecule has 110 valence electrons. The molecule has 0 unspecified atom stereocenters. The minimum absolute atomic E-state index is 0.125. The molecule has 0 saturated carbocycles. The van der Waals surface area contributed by atoms with Gasteiger partial charge in [0.05, 0.1) is 11.6 Å². The van der Waals surface area contributed by atoms with Crippen molar-refractivity contribution in [1.82, 2.24) is 4.90 Å². The van der Waals surface area contributed by atoms with Crippen molar-refractivity contribution in [2.24, 2.45) is 5.73 Å². The zero-order valence-corrected chi connectivity index (χ0v) is 12.7. The minimum Gasteiger partial charge on any atom is -0.492 e. The lowest BCUT2D eigenvalue weighted by Crippen LogP contribution is -2.31. The van der Waals surface area contributed by atoms with E-state index in [1.165, 1.54) is 0 Å². The van der Waals surface area contributed by atoms with Gasteiger partial charge in [0.2, 0.25) is 5.91 Å². The lowest BCUT2D eigenvalue weighted by molar-refractivity contribution is -0.130. The van der Waals surface area contributed by atoms with Crippen LogP contribution in [0, 0.1) is 0 Å². The fraction of sp³-hybridized carbons (Fsp3) is 0.500. The lowest BCUT2D eigenvalue weighted by atomic mass is 10.3. The molecule has 0 aliphatic carbocycles. The molecule has 2 N–H and O–H groups in total. The molecule has 1 aromatic rings. The largest absolute Gasteiger partial charge is 0.492 e. The molecule has 1 fully saturated rings. The van der Waals surface area contributed by atoms with Crippen molar-refractivity contribution in [2.75, 3.05) is 19.7 Å². The highest BCUT2D eigenvalue weighted by atomic mass is 35.5. The van der Waals surface area contributed by atoms with Gasteiger partial charge >= 0.3 is 0 Å². The van der Waals surface area contributed by atoms with Crippen LogP contribution in [-0.4, -0.2) is 36.5 Å². The van der Waals surface area contributed by atoms with Gasteiger partial charge in [-0.3, -0.25) is 4.79 Å². The third-order valence-electron chi connectivity index (χ3n) is 3.29. The van der Waals surface area contributed by atoms with Crippen LogP contribution in [0.2, 0.25) is 10.0 Å². The highest BCUT2D eigenvalue weighted by Crippen LogP contribution is 2.31. The van der Waals surface area contributed by atoms with Crippen LogP contribution < -0.4 is 10.5 Å². The van der Waals surface area contributed by atoms with E-state index in [1.807, 2.05) is 4.90 Å². The second-order valence-electron chi connectivity index (χ2n) is 4.89. The van der Waals surface area contributed by atoms with Gasteiger partial charge < -0.3 is 15.4 Å². The summed E-state index contributed by atoms with van der Waals surface area (Å²) in [6.07, 6.45) is 2.00. The lowest BCUT2D eigenvalue weighted by Gasteiger charge is -2.15. The molecule has 1 aliphatic rings. The van der Waals surface area contributed by atoms with E-state index in [1.54, 1.807) is 18.2 Å². The fourth-order valence-electron chi connectivity index (χ4n) is 2.17. The summed E-state index contributed by atoms with van der Waals surface area (Å²) in [5.41, 5.74) is 5.78. The molecule has 1 atom stereocenters.